The number of alkyl halides is 3. The third kappa shape index (κ3) is 7.12. The lowest BCUT2D eigenvalue weighted by molar-refractivity contribution is -0.274. The Morgan fingerprint density at radius 3 is 2.37 bits per heavy atom. The Hall–Kier alpha value is -4.91. The maximum Gasteiger partial charge on any atom is 0.573 e. The summed E-state index contributed by atoms with van der Waals surface area (Å²) in [7, 11) is 0. The molecule has 1 fully saturated rings. The zero-order valence-electron chi connectivity index (χ0n) is 23.2. The highest BCUT2D eigenvalue weighted by Gasteiger charge is 2.32. The predicted octanol–water partition coefficient (Wildman–Crippen LogP) is 6.66. The molecular weight excluding hydrogens is 581 g/mol. The first-order valence-electron chi connectivity index (χ1n) is 12.9. The number of rotatable bonds is 6. The number of halogens is 3. The van der Waals surface area contributed by atoms with Crippen molar-refractivity contribution in [2.75, 3.05) is 10.7 Å². The molecule has 1 N–H and O–H groups in total. The van der Waals surface area contributed by atoms with E-state index in [-0.39, 0.29) is 17.4 Å². The SMILES string of the molecule is C/C(=C\c1ccc(-c2ncn(-c3ccc(OC(F)(F)F)cc3)n2)cc1)NC(=O)N=C1SCC(=O)N1c1c(C)cccc1C. The van der Waals surface area contributed by atoms with Gasteiger partial charge in [-0.3, -0.25) is 9.69 Å². The first-order chi connectivity index (χ1) is 20.5. The number of urea groups is 1. The number of allylic oxidation sites excluding steroid dienone is 1. The van der Waals surface area contributed by atoms with Crippen LogP contribution in [-0.4, -0.2) is 44.0 Å². The summed E-state index contributed by atoms with van der Waals surface area (Å²) in [5, 5.41) is 7.47. The van der Waals surface area contributed by atoms with Crippen molar-refractivity contribution in [2.45, 2.75) is 27.1 Å². The number of aromatic nitrogens is 3. The minimum Gasteiger partial charge on any atom is -0.406 e. The zero-order valence-corrected chi connectivity index (χ0v) is 24.0. The van der Waals surface area contributed by atoms with Gasteiger partial charge in [0.05, 0.1) is 17.1 Å². The van der Waals surface area contributed by atoms with E-state index in [2.05, 4.69) is 25.1 Å². The third-order valence-electron chi connectivity index (χ3n) is 6.31. The molecule has 9 nitrogen and oxygen atoms in total. The van der Waals surface area contributed by atoms with E-state index in [1.54, 1.807) is 13.0 Å². The van der Waals surface area contributed by atoms with Gasteiger partial charge in [-0.05, 0) is 67.8 Å². The van der Waals surface area contributed by atoms with Crippen molar-refractivity contribution in [3.05, 3.63) is 95.4 Å². The molecule has 1 aliphatic rings. The second-order valence-electron chi connectivity index (χ2n) is 9.59. The molecule has 0 atom stereocenters. The largest absolute Gasteiger partial charge is 0.573 e. The maximum absolute atomic E-state index is 12.7. The Morgan fingerprint density at radius 2 is 1.72 bits per heavy atom. The lowest BCUT2D eigenvalue weighted by Gasteiger charge is -2.20. The van der Waals surface area contributed by atoms with Crippen molar-refractivity contribution < 1.29 is 27.5 Å². The number of thioether (sulfide) groups is 1. The summed E-state index contributed by atoms with van der Waals surface area (Å²) in [5.74, 6) is 0.168. The normalized spacial score (nSPS) is 14.8. The van der Waals surface area contributed by atoms with Crippen LogP contribution in [0.3, 0.4) is 0 Å². The number of carbonyl (C=O) groups excluding carboxylic acids is 2. The van der Waals surface area contributed by atoms with Crippen LogP contribution in [0, 0.1) is 13.8 Å². The Labute approximate surface area is 249 Å². The highest BCUT2D eigenvalue weighted by Crippen LogP contribution is 2.32. The van der Waals surface area contributed by atoms with E-state index in [0.717, 1.165) is 27.9 Å². The standard InChI is InChI=1S/C30H25F3N6O3S/c1-18-5-4-6-19(2)26(18)39-25(40)16-43-29(39)36-28(41)35-20(3)15-21-7-9-22(10-8-21)27-34-17-38(37-27)23-11-13-24(14-12-23)42-30(31,32)33/h4-15,17H,16H2,1-3H3,(H,35,41)/b20-15+,36-29?. The Bertz CT molecular complexity index is 1710. The fourth-order valence-corrected chi connectivity index (χ4v) is 5.29. The van der Waals surface area contributed by atoms with E-state index in [1.165, 1.54) is 51.9 Å². The van der Waals surface area contributed by atoms with E-state index in [0.29, 0.717) is 22.4 Å². The molecule has 2 heterocycles. The Morgan fingerprint density at radius 1 is 1.05 bits per heavy atom. The van der Waals surface area contributed by atoms with E-state index < -0.39 is 12.4 Å². The molecule has 13 heteroatoms. The van der Waals surface area contributed by atoms with Crippen LogP contribution in [0.1, 0.15) is 23.6 Å². The van der Waals surface area contributed by atoms with E-state index in [1.807, 2.05) is 56.3 Å². The van der Waals surface area contributed by atoms with Crippen LogP contribution in [0.4, 0.5) is 23.7 Å². The van der Waals surface area contributed by atoms with Crippen molar-refractivity contribution in [3.8, 4) is 22.8 Å². The van der Waals surface area contributed by atoms with Gasteiger partial charge in [0.1, 0.15) is 12.1 Å². The molecule has 3 amide bonds. The van der Waals surface area contributed by atoms with Gasteiger partial charge in [-0.25, -0.2) is 14.5 Å². The molecule has 43 heavy (non-hydrogen) atoms. The number of ether oxygens (including phenoxy) is 1. The molecule has 0 saturated carbocycles. The van der Waals surface area contributed by atoms with Crippen LogP contribution in [0.25, 0.3) is 23.2 Å². The molecule has 0 spiro atoms. The number of anilines is 1. The van der Waals surface area contributed by atoms with Gasteiger partial charge in [-0.1, -0.05) is 54.2 Å². The topological polar surface area (TPSA) is 102 Å². The maximum atomic E-state index is 12.7. The average Bonchev–Trinajstić information content (AvgIpc) is 3.56. The van der Waals surface area contributed by atoms with Gasteiger partial charge >= 0.3 is 12.4 Å². The number of amides is 3. The molecule has 1 saturated heterocycles. The number of aliphatic imine (C=N–C) groups is 1. The number of benzene rings is 3. The van der Waals surface area contributed by atoms with Gasteiger partial charge in [0, 0.05) is 11.3 Å². The number of hydrogen-bond donors (Lipinski definition) is 1. The van der Waals surface area contributed by atoms with E-state index >= 15 is 0 Å². The highest BCUT2D eigenvalue weighted by atomic mass is 32.2. The van der Waals surface area contributed by atoms with Gasteiger partial charge in [0.15, 0.2) is 11.0 Å². The van der Waals surface area contributed by atoms with Crippen LogP contribution in [-0.2, 0) is 4.79 Å². The first-order valence-corrected chi connectivity index (χ1v) is 13.9. The molecule has 0 bridgehead atoms. The number of nitrogens with one attached hydrogen (secondary N) is 1. The average molecular weight is 607 g/mol. The lowest BCUT2D eigenvalue weighted by atomic mass is 10.1. The minimum absolute atomic E-state index is 0.130. The van der Waals surface area contributed by atoms with Crippen LogP contribution in [0.2, 0.25) is 0 Å². The van der Waals surface area contributed by atoms with Gasteiger partial charge in [-0.2, -0.15) is 4.99 Å². The van der Waals surface area contributed by atoms with Gasteiger partial charge < -0.3 is 10.1 Å². The number of nitrogens with zero attached hydrogens (tertiary/aromatic N) is 5. The summed E-state index contributed by atoms with van der Waals surface area (Å²) in [6.07, 6.45) is -1.53. The molecule has 0 unspecified atom stereocenters. The third-order valence-corrected chi connectivity index (χ3v) is 7.23. The summed E-state index contributed by atoms with van der Waals surface area (Å²) in [6.45, 7) is 5.56. The number of aryl methyl sites for hydroxylation is 2. The molecule has 1 aliphatic heterocycles. The molecule has 3 aromatic carbocycles. The van der Waals surface area contributed by atoms with Crippen LogP contribution >= 0.6 is 11.8 Å². The highest BCUT2D eigenvalue weighted by molar-refractivity contribution is 8.15. The summed E-state index contributed by atoms with van der Waals surface area (Å²) in [6, 6.07) is 17.7. The number of para-hydroxylation sites is 1. The first kappa shape index (κ1) is 29.6. The van der Waals surface area contributed by atoms with Crippen LogP contribution in [0.5, 0.6) is 5.75 Å². The second-order valence-corrected chi connectivity index (χ2v) is 10.5. The van der Waals surface area contributed by atoms with Crippen molar-refractivity contribution in [3.63, 3.8) is 0 Å². The second kappa shape index (κ2) is 12.1. The summed E-state index contributed by atoms with van der Waals surface area (Å²) < 4.78 is 42.5. The minimum atomic E-state index is -4.76. The molecule has 1 aromatic heterocycles. The van der Waals surface area contributed by atoms with Gasteiger partial charge in [0.2, 0.25) is 5.91 Å². The summed E-state index contributed by atoms with van der Waals surface area (Å²) in [5.41, 5.74) is 5.16. The van der Waals surface area contributed by atoms with Crippen LogP contribution in [0.15, 0.2) is 83.7 Å². The fourth-order valence-electron chi connectivity index (χ4n) is 4.44. The van der Waals surface area contributed by atoms with Crippen molar-refractivity contribution in [1.29, 1.82) is 0 Å². The molecule has 0 aliphatic carbocycles. The molecule has 4 aromatic rings. The summed E-state index contributed by atoms with van der Waals surface area (Å²) >= 11 is 1.22. The monoisotopic (exact) mass is 606 g/mol. The quantitative estimate of drug-likeness (QED) is 0.264. The number of hydrogen-bond acceptors (Lipinski definition) is 6. The molecule has 5 rings (SSSR count). The van der Waals surface area contributed by atoms with Gasteiger partial charge in [0.25, 0.3) is 0 Å². The van der Waals surface area contributed by atoms with Crippen molar-refractivity contribution in [2.24, 2.45) is 4.99 Å². The van der Waals surface area contributed by atoms with Crippen molar-refractivity contribution in [1.82, 2.24) is 20.1 Å². The van der Waals surface area contributed by atoms with E-state index in [4.69, 9.17) is 0 Å². The Kier molecular flexibility index (Phi) is 8.35. The zero-order chi connectivity index (χ0) is 30.7. The molecule has 220 valence electrons. The van der Waals surface area contributed by atoms with Gasteiger partial charge in [-0.15, -0.1) is 18.3 Å². The lowest BCUT2D eigenvalue weighted by Crippen LogP contribution is -2.32. The van der Waals surface area contributed by atoms with Crippen molar-refractivity contribution >= 4 is 40.6 Å². The smallest absolute Gasteiger partial charge is 0.406 e. The predicted molar refractivity (Wildman–Crippen MR) is 159 cm³/mol. The summed E-state index contributed by atoms with van der Waals surface area (Å²) in [4.78, 5) is 35.3. The van der Waals surface area contributed by atoms with Crippen LogP contribution < -0.4 is 15.0 Å². The Balaban J connectivity index is 1.24. The number of carbonyl (C=O) groups is 2. The number of amidine groups is 1. The fraction of sp³-hybridized carbons (Fsp3) is 0.167. The molecular formula is C30H25F3N6O3S. The van der Waals surface area contributed by atoms with E-state index in [9.17, 15) is 22.8 Å². The molecule has 0 radical (unpaired) electrons.